The number of thiophene rings is 1. The van der Waals surface area contributed by atoms with Gasteiger partial charge in [0.1, 0.15) is 4.90 Å². The summed E-state index contributed by atoms with van der Waals surface area (Å²) >= 11 is 4.73. The number of anilines is 1. The fraction of sp³-hybridized carbons (Fsp3) is 0.286. The van der Waals surface area contributed by atoms with E-state index >= 15 is 0 Å². The molecule has 21 heavy (non-hydrogen) atoms. The number of halogens is 1. The summed E-state index contributed by atoms with van der Waals surface area (Å²) in [6.45, 7) is 5.42. The first-order valence-corrected chi connectivity index (χ1v) is 9.60. The van der Waals surface area contributed by atoms with E-state index in [0.717, 1.165) is 27.3 Å². The van der Waals surface area contributed by atoms with Gasteiger partial charge in [-0.2, -0.15) is 0 Å². The molecule has 0 unspecified atom stereocenters. The van der Waals surface area contributed by atoms with Gasteiger partial charge < -0.3 is 5.32 Å². The van der Waals surface area contributed by atoms with Gasteiger partial charge in [-0.3, -0.25) is 4.72 Å². The quantitative estimate of drug-likeness (QED) is 0.792. The zero-order valence-electron chi connectivity index (χ0n) is 11.8. The van der Waals surface area contributed by atoms with Crippen LogP contribution in [-0.2, 0) is 16.6 Å². The fourth-order valence-electron chi connectivity index (χ4n) is 1.92. The Morgan fingerprint density at radius 1 is 1.29 bits per heavy atom. The molecule has 2 N–H and O–H groups in total. The molecule has 1 aromatic carbocycles. The Morgan fingerprint density at radius 3 is 2.67 bits per heavy atom. The van der Waals surface area contributed by atoms with Crippen LogP contribution in [0.4, 0.5) is 5.69 Å². The standard InChI is InChI=1S/C14H17BrN2O2S2/c1-3-16-9-11-5-4-6-12(7-11)17-21(18,19)13-8-14(15)20-10(13)2/h4-8,16-17H,3,9H2,1-2H3. The Labute approximate surface area is 137 Å². The summed E-state index contributed by atoms with van der Waals surface area (Å²) in [4.78, 5) is 1.08. The third-order valence-electron chi connectivity index (χ3n) is 2.89. The smallest absolute Gasteiger partial charge is 0.263 e. The van der Waals surface area contributed by atoms with Crippen LogP contribution in [0, 0.1) is 6.92 Å². The number of aryl methyl sites for hydroxylation is 1. The van der Waals surface area contributed by atoms with Gasteiger partial charge in [-0.15, -0.1) is 11.3 Å². The van der Waals surface area contributed by atoms with Gasteiger partial charge in [-0.1, -0.05) is 19.1 Å². The predicted molar refractivity (Wildman–Crippen MR) is 91.4 cm³/mol. The molecule has 2 rings (SSSR count). The van der Waals surface area contributed by atoms with Crippen LogP contribution in [0.5, 0.6) is 0 Å². The van der Waals surface area contributed by atoms with E-state index in [2.05, 4.69) is 26.0 Å². The second-order valence-electron chi connectivity index (χ2n) is 4.56. The number of sulfonamides is 1. The number of hydrogen-bond acceptors (Lipinski definition) is 4. The van der Waals surface area contributed by atoms with E-state index in [1.165, 1.54) is 11.3 Å². The number of rotatable bonds is 6. The molecule has 7 heteroatoms. The summed E-state index contributed by atoms with van der Waals surface area (Å²) in [5, 5.41) is 3.22. The van der Waals surface area contributed by atoms with Crippen LogP contribution in [0.1, 0.15) is 17.4 Å². The highest BCUT2D eigenvalue weighted by atomic mass is 79.9. The summed E-state index contributed by atoms with van der Waals surface area (Å²) in [6, 6.07) is 9.04. The van der Waals surface area contributed by atoms with E-state index < -0.39 is 10.0 Å². The largest absolute Gasteiger partial charge is 0.313 e. The Balaban J connectivity index is 2.22. The second kappa shape index (κ2) is 6.91. The van der Waals surface area contributed by atoms with Crippen molar-refractivity contribution in [1.82, 2.24) is 5.32 Å². The van der Waals surface area contributed by atoms with E-state index in [4.69, 9.17) is 0 Å². The average molecular weight is 389 g/mol. The van der Waals surface area contributed by atoms with E-state index in [0.29, 0.717) is 10.6 Å². The first kappa shape index (κ1) is 16.5. The van der Waals surface area contributed by atoms with Gasteiger partial charge in [0.15, 0.2) is 0 Å². The van der Waals surface area contributed by atoms with Crippen LogP contribution in [-0.4, -0.2) is 15.0 Å². The van der Waals surface area contributed by atoms with Gasteiger partial charge in [0.25, 0.3) is 10.0 Å². The van der Waals surface area contributed by atoms with Crippen molar-refractivity contribution < 1.29 is 8.42 Å². The lowest BCUT2D eigenvalue weighted by molar-refractivity contribution is 0.601. The zero-order chi connectivity index (χ0) is 15.5. The molecule has 1 aromatic heterocycles. The molecule has 0 aliphatic carbocycles. The van der Waals surface area contributed by atoms with E-state index in [9.17, 15) is 8.42 Å². The van der Waals surface area contributed by atoms with Crippen LogP contribution in [0.2, 0.25) is 0 Å². The summed E-state index contributed by atoms with van der Waals surface area (Å²) in [5.41, 5.74) is 1.62. The third kappa shape index (κ3) is 4.29. The lowest BCUT2D eigenvalue weighted by Crippen LogP contribution is -2.14. The topological polar surface area (TPSA) is 58.2 Å². The molecule has 0 fully saturated rings. The SMILES string of the molecule is CCNCc1cccc(NS(=O)(=O)c2cc(Br)sc2C)c1. The maximum atomic E-state index is 12.4. The van der Waals surface area contributed by atoms with Crippen molar-refractivity contribution in [3.05, 3.63) is 44.6 Å². The first-order valence-electron chi connectivity index (χ1n) is 6.51. The molecule has 1 heterocycles. The summed E-state index contributed by atoms with van der Waals surface area (Å²) < 4.78 is 28.3. The molecule has 2 aromatic rings. The van der Waals surface area contributed by atoms with Crippen molar-refractivity contribution in [2.45, 2.75) is 25.3 Å². The Hall–Kier alpha value is -0.890. The maximum absolute atomic E-state index is 12.4. The van der Waals surface area contributed by atoms with Gasteiger partial charge in [0, 0.05) is 17.1 Å². The van der Waals surface area contributed by atoms with Gasteiger partial charge >= 0.3 is 0 Å². The number of hydrogen-bond donors (Lipinski definition) is 2. The first-order chi connectivity index (χ1) is 9.92. The monoisotopic (exact) mass is 388 g/mol. The van der Waals surface area contributed by atoms with E-state index in [1.807, 2.05) is 25.1 Å². The van der Waals surface area contributed by atoms with Crippen LogP contribution in [0.15, 0.2) is 39.0 Å². The zero-order valence-corrected chi connectivity index (χ0v) is 15.0. The van der Waals surface area contributed by atoms with Crippen LogP contribution in [0.3, 0.4) is 0 Å². The van der Waals surface area contributed by atoms with Gasteiger partial charge in [0.05, 0.1) is 3.79 Å². The fourth-order valence-corrected chi connectivity index (χ4v) is 5.39. The third-order valence-corrected chi connectivity index (χ3v) is 6.08. The molecule has 4 nitrogen and oxygen atoms in total. The van der Waals surface area contributed by atoms with Crippen LogP contribution < -0.4 is 10.0 Å². The Morgan fingerprint density at radius 2 is 2.05 bits per heavy atom. The van der Waals surface area contributed by atoms with Gasteiger partial charge in [0.2, 0.25) is 0 Å². The minimum atomic E-state index is -3.55. The normalized spacial score (nSPS) is 11.6. The molecule has 0 amide bonds. The van der Waals surface area contributed by atoms with Crippen molar-refractivity contribution in [1.29, 1.82) is 0 Å². The van der Waals surface area contributed by atoms with Crippen molar-refractivity contribution >= 4 is 43.0 Å². The van der Waals surface area contributed by atoms with Crippen molar-refractivity contribution in [2.75, 3.05) is 11.3 Å². The van der Waals surface area contributed by atoms with Crippen molar-refractivity contribution in [3.8, 4) is 0 Å². The van der Waals surface area contributed by atoms with Gasteiger partial charge in [-0.05, 0) is 53.2 Å². The molecule has 0 spiro atoms. The summed E-state index contributed by atoms with van der Waals surface area (Å²) in [7, 11) is -3.55. The molecule has 0 aliphatic rings. The minimum absolute atomic E-state index is 0.316. The van der Waals surface area contributed by atoms with Gasteiger partial charge in [-0.25, -0.2) is 8.42 Å². The molecule has 0 aliphatic heterocycles. The second-order valence-corrected chi connectivity index (χ2v) is 8.84. The molecule has 0 saturated heterocycles. The van der Waals surface area contributed by atoms with Crippen LogP contribution >= 0.6 is 27.3 Å². The van der Waals surface area contributed by atoms with Crippen molar-refractivity contribution in [3.63, 3.8) is 0 Å². The molecule has 0 bridgehead atoms. The highest BCUT2D eigenvalue weighted by molar-refractivity contribution is 9.11. The van der Waals surface area contributed by atoms with Crippen molar-refractivity contribution in [2.24, 2.45) is 0 Å². The van der Waals surface area contributed by atoms with E-state index in [-0.39, 0.29) is 0 Å². The molecular formula is C14H17BrN2O2S2. The molecule has 114 valence electrons. The minimum Gasteiger partial charge on any atom is -0.313 e. The maximum Gasteiger partial charge on any atom is 0.263 e. The van der Waals surface area contributed by atoms with E-state index in [1.54, 1.807) is 19.1 Å². The number of benzene rings is 1. The lowest BCUT2D eigenvalue weighted by Gasteiger charge is -2.09. The summed E-state index contributed by atoms with van der Waals surface area (Å²) in [6.07, 6.45) is 0. The Bertz CT molecular complexity index is 726. The highest BCUT2D eigenvalue weighted by Crippen LogP contribution is 2.30. The average Bonchev–Trinajstić information content (AvgIpc) is 2.76. The molecule has 0 radical (unpaired) electrons. The predicted octanol–water partition coefficient (Wildman–Crippen LogP) is 3.73. The molecule has 0 atom stereocenters. The number of nitrogens with one attached hydrogen (secondary N) is 2. The highest BCUT2D eigenvalue weighted by Gasteiger charge is 2.19. The van der Waals surface area contributed by atoms with Crippen LogP contribution in [0.25, 0.3) is 0 Å². The lowest BCUT2D eigenvalue weighted by atomic mass is 10.2. The summed E-state index contributed by atoms with van der Waals surface area (Å²) in [5.74, 6) is 0. The molecule has 0 saturated carbocycles. The Kier molecular flexibility index (Phi) is 5.43. The molecular weight excluding hydrogens is 372 g/mol.